The summed E-state index contributed by atoms with van der Waals surface area (Å²) in [5.41, 5.74) is 2.39. The first kappa shape index (κ1) is 25.8. The van der Waals surface area contributed by atoms with E-state index in [4.69, 9.17) is 16.3 Å². The Kier molecular flexibility index (Phi) is 8.75. The molecule has 2 aromatic carbocycles. The topological polar surface area (TPSA) is 70.1 Å². The van der Waals surface area contributed by atoms with Crippen molar-refractivity contribution in [2.45, 2.75) is 40.2 Å². The number of amides is 1. The zero-order valence-corrected chi connectivity index (χ0v) is 21.1. The minimum atomic E-state index is -0.688. The molecule has 7 heteroatoms. The number of benzene rings is 2. The lowest BCUT2D eigenvalue weighted by Gasteiger charge is -2.28. The van der Waals surface area contributed by atoms with Crippen molar-refractivity contribution in [2.75, 3.05) is 32.8 Å². The summed E-state index contributed by atoms with van der Waals surface area (Å²) in [7, 11) is 0. The Morgan fingerprint density at radius 2 is 1.74 bits per heavy atom. The van der Waals surface area contributed by atoms with E-state index in [1.54, 1.807) is 23.1 Å². The number of ketones is 1. The molecule has 182 valence electrons. The van der Waals surface area contributed by atoms with Crippen molar-refractivity contribution in [1.82, 2.24) is 9.80 Å². The quantitative estimate of drug-likeness (QED) is 0.290. The fourth-order valence-corrected chi connectivity index (χ4v) is 4.49. The van der Waals surface area contributed by atoms with Crippen LogP contribution in [0.2, 0.25) is 5.02 Å². The van der Waals surface area contributed by atoms with Crippen LogP contribution in [-0.2, 0) is 16.0 Å². The van der Waals surface area contributed by atoms with Crippen LogP contribution in [0.1, 0.15) is 50.4 Å². The number of hydrogen-bond donors (Lipinski definition) is 1. The number of likely N-dealkylation sites (N-methyl/N-ethyl adjacent to an activating group) is 1. The van der Waals surface area contributed by atoms with E-state index in [2.05, 4.69) is 25.7 Å². The highest BCUT2D eigenvalue weighted by Gasteiger charge is 2.46. The molecule has 1 amide bonds. The lowest BCUT2D eigenvalue weighted by molar-refractivity contribution is -0.140. The molecule has 6 nitrogen and oxygen atoms in total. The summed E-state index contributed by atoms with van der Waals surface area (Å²) in [6.45, 7) is 11.2. The zero-order chi connectivity index (χ0) is 24.8. The van der Waals surface area contributed by atoms with E-state index in [9.17, 15) is 14.7 Å². The van der Waals surface area contributed by atoms with Crippen LogP contribution < -0.4 is 4.74 Å². The molecule has 3 rings (SSSR count). The second-order valence-corrected chi connectivity index (χ2v) is 8.60. The third kappa shape index (κ3) is 5.29. The molecule has 0 saturated carbocycles. The van der Waals surface area contributed by atoms with Crippen LogP contribution in [0.15, 0.2) is 48.0 Å². The van der Waals surface area contributed by atoms with E-state index >= 15 is 0 Å². The fourth-order valence-electron chi connectivity index (χ4n) is 4.26. The summed E-state index contributed by atoms with van der Waals surface area (Å²) in [6.07, 6.45) is 0.882. The van der Waals surface area contributed by atoms with Crippen LogP contribution in [0.5, 0.6) is 5.75 Å². The largest absolute Gasteiger partial charge is 0.507 e. The van der Waals surface area contributed by atoms with Crippen molar-refractivity contribution in [3.05, 3.63) is 69.8 Å². The number of aliphatic hydroxyl groups is 1. The maximum absolute atomic E-state index is 13.2. The minimum absolute atomic E-state index is 0.0778. The van der Waals surface area contributed by atoms with Crippen molar-refractivity contribution in [3.8, 4) is 5.75 Å². The van der Waals surface area contributed by atoms with Crippen molar-refractivity contribution in [2.24, 2.45) is 0 Å². The summed E-state index contributed by atoms with van der Waals surface area (Å²) in [5.74, 6) is -1.03. The van der Waals surface area contributed by atoms with Gasteiger partial charge in [-0.05, 0) is 55.8 Å². The molecule has 0 spiro atoms. The third-order valence-corrected chi connectivity index (χ3v) is 6.60. The van der Waals surface area contributed by atoms with E-state index in [0.717, 1.165) is 30.6 Å². The Morgan fingerprint density at radius 1 is 1.06 bits per heavy atom. The summed E-state index contributed by atoms with van der Waals surface area (Å²) < 4.78 is 5.48. The van der Waals surface area contributed by atoms with Gasteiger partial charge in [0.15, 0.2) is 0 Å². The average Bonchev–Trinajstić information content (AvgIpc) is 3.10. The Labute approximate surface area is 206 Å². The minimum Gasteiger partial charge on any atom is -0.507 e. The number of nitrogens with zero attached hydrogens (tertiary/aromatic N) is 2. The second kappa shape index (κ2) is 11.5. The van der Waals surface area contributed by atoms with Crippen molar-refractivity contribution in [1.29, 1.82) is 0 Å². The van der Waals surface area contributed by atoms with Gasteiger partial charge in [-0.2, -0.15) is 0 Å². The summed E-state index contributed by atoms with van der Waals surface area (Å²) in [5, 5.41) is 11.6. The SMILES string of the molecule is CCOc1ccc(C(O)=C2C(=O)C(=O)N(CCN(CC)CC)[C@@H]2c2ccc(CC)cc2)cc1Cl. The monoisotopic (exact) mass is 484 g/mol. The van der Waals surface area contributed by atoms with Gasteiger partial charge >= 0.3 is 0 Å². The third-order valence-electron chi connectivity index (χ3n) is 6.30. The number of carbonyl (C=O) groups is 2. The first-order valence-electron chi connectivity index (χ1n) is 11.9. The Balaban J connectivity index is 2.09. The number of Topliss-reactive ketones (excluding diaryl/α,β-unsaturated/α-hetero) is 1. The van der Waals surface area contributed by atoms with Gasteiger partial charge in [0.25, 0.3) is 11.7 Å². The van der Waals surface area contributed by atoms with Crippen LogP contribution in [0.4, 0.5) is 0 Å². The normalized spacial score (nSPS) is 17.6. The number of likely N-dealkylation sites (tertiary alicyclic amines) is 1. The van der Waals surface area contributed by atoms with Crippen LogP contribution in [0.3, 0.4) is 0 Å². The molecule has 1 fully saturated rings. The molecule has 34 heavy (non-hydrogen) atoms. The number of halogens is 1. The molecular weight excluding hydrogens is 452 g/mol. The van der Waals surface area contributed by atoms with Crippen LogP contribution in [0, 0.1) is 0 Å². The number of aliphatic hydroxyl groups excluding tert-OH is 1. The Bertz CT molecular complexity index is 1060. The molecular formula is C27H33ClN2O4. The number of rotatable bonds is 10. The van der Waals surface area contributed by atoms with Gasteiger partial charge in [-0.15, -0.1) is 0 Å². The van der Waals surface area contributed by atoms with Crippen molar-refractivity contribution >= 4 is 29.1 Å². The number of hydrogen-bond acceptors (Lipinski definition) is 5. The summed E-state index contributed by atoms with van der Waals surface area (Å²) >= 11 is 6.33. The summed E-state index contributed by atoms with van der Waals surface area (Å²) in [6, 6.07) is 12.0. The van der Waals surface area contributed by atoms with Gasteiger partial charge in [-0.25, -0.2) is 0 Å². The predicted octanol–water partition coefficient (Wildman–Crippen LogP) is 5.06. The van der Waals surface area contributed by atoms with Gasteiger partial charge in [0.1, 0.15) is 11.5 Å². The predicted molar refractivity (Wildman–Crippen MR) is 135 cm³/mol. The first-order chi connectivity index (χ1) is 16.4. The average molecular weight is 485 g/mol. The van der Waals surface area contributed by atoms with E-state index in [0.29, 0.717) is 36.0 Å². The molecule has 2 aromatic rings. The Hall–Kier alpha value is -2.83. The number of carbonyl (C=O) groups excluding carboxylic acids is 2. The van der Waals surface area contributed by atoms with Gasteiger partial charge in [-0.3, -0.25) is 9.59 Å². The van der Waals surface area contributed by atoms with Crippen LogP contribution in [-0.4, -0.2) is 59.4 Å². The Morgan fingerprint density at radius 3 is 2.29 bits per heavy atom. The highest BCUT2D eigenvalue weighted by atomic mass is 35.5. The van der Waals surface area contributed by atoms with E-state index < -0.39 is 17.7 Å². The van der Waals surface area contributed by atoms with Crippen LogP contribution >= 0.6 is 11.6 Å². The van der Waals surface area contributed by atoms with Gasteiger partial charge in [-0.1, -0.05) is 56.6 Å². The lowest BCUT2D eigenvalue weighted by Crippen LogP contribution is -2.38. The molecule has 0 radical (unpaired) electrons. The zero-order valence-electron chi connectivity index (χ0n) is 20.3. The smallest absolute Gasteiger partial charge is 0.295 e. The van der Waals surface area contributed by atoms with Crippen molar-refractivity contribution in [3.63, 3.8) is 0 Å². The second-order valence-electron chi connectivity index (χ2n) is 8.19. The van der Waals surface area contributed by atoms with E-state index in [-0.39, 0.29) is 11.3 Å². The standard InChI is InChI=1S/C27H33ClN2O4/c1-5-18-9-11-19(12-10-18)24-23(25(31)20-13-14-22(34-8-4)21(28)17-20)26(32)27(33)30(24)16-15-29(6-2)7-3/h9-14,17,24,31H,5-8,15-16H2,1-4H3/t24-/m1/s1. The maximum Gasteiger partial charge on any atom is 0.295 e. The maximum atomic E-state index is 13.2. The highest BCUT2D eigenvalue weighted by Crippen LogP contribution is 2.40. The molecule has 1 aliphatic heterocycles. The molecule has 0 bridgehead atoms. The highest BCUT2D eigenvalue weighted by molar-refractivity contribution is 6.46. The molecule has 1 N–H and O–H groups in total. The van der Waals surface area contributed by atoms with Crippen molar-refractivity contribution < 1.29 is 19.4 Å². The van der Waals surface area contributed by atoms with Gasteiger partial charge in [0.2, 0.25) is 0 Å². The first-order valence-corrected chi connectivity index (χ1v) is 12.3. The molecule has 1 atom stereocenters. The van der Waals surface area contributed by atoms with Crippen LogP contribution in [0.25, 0.3) is 5.76 Å². The number of aryl methyl sites for hydroxylation is 1. The fraction of sp³-hybridized carbons (Fsp3) is 0.407. The molecule has 0 aromatic heterocycles. The summed E-state index contributed by atoms with van der Waals surface area (Å²) in [4.78, 5) is 30.1. The molecule has 0 unspecified atom stereocenters. The van der Waals surface area contributed by atoms with Gasteiger partial charge in [0.05, 0.1) is 23.2 Å². The molecule has 1 heterocycles. The van der Waals surface area contributed by atoms with E-state index in [1.807, 2.05) is 31.2 Å². The van der Waals surface area contributed by atoms with Gasteiger partial charge < -0.3 is 19.6 Å². The number of ether oxygens (including phenoxy) is 1. The molecule has 1 aliphatic rings. The lowest BCUT2D eigenvalue weighted by atomic mass is 9.94. The molecule has 1 saturated heterocycles. The molecule has 0 aliphatic carbocycles. The van der Waals surface area contributed by atoms with Gasteiger partial charge in [0, 0.05) is 18.7 Å². The van der Waals surface area contributed by atoms with E-state index in [1.165, 1.54) is 0 Å².